The van der Waals surface area contributed by atoms with Gasteiger partial charge in [-0.3, -0.25) is 4.98 Å². The van der Waals surface area contributed by atoms with E-state index >= 15 is 0 Å². The maximum Gasteiger partial charge on any atom is 0.338 e. The van der Waals surface area contributed by atoms with Crippen molar-refractivity contribution in [3.05, 3.63) is 76.2 Å². The number of pyridine rings is 1. The zero-order valence-electron chi connectivity index (χ0n) is 18.9. The normalized spacial score (nSPS) is 18.4. The molecule has 2 aromatic heterocycles. The van der Waals surface area contributed by atoms with Crippen LogP contribution in [0, 0.1) is 0 Å². The molecule has 0 radical (unpaired) electrons. The Balaban J connectivity index is 1.44. The van der Waals surface area contributed by atoms with E-state index in [1.54, 1.807) is 17.1 Å². The average molecular weight is 496 g/mol. The third kappa shape index (κ3) is 4.83. The number of rotatable bonds is 6. The number of allylic oxidation sites excluding steroid dienone is 1. The Morgan fingerprint density at radius 2 is 1.94 bits per heavy atom. The minimum atomic E-state index is -0.447. The molecule has 3 heterocycles. The Labute approximate surface area is 208 Å². The maximum absolute atomic E-state index is 13.4. The Kier molecular flexibility index (Phi) is 6.87. The van der Waals surface area contributed by atoms with E-state index in [1.807, 2.05) is 43.3 Å². The van der Waals surface area contributed by atoms with Crippen molar-refractivity contribution >= 4 is 35.3 Å². The Bertz CT molecular complexity index is 1210. The molecule has 0 spiro atoms. The fourth-order valence-electron chi connectivity index (χ4n) is 4.47. The first kappa shape index (κ1) is 22.9. The van der Waals surface area contributed by atoms with Crippen LogP contribution in [-0.4, -0.2) is 31.8 Å². The second kappa shape index (κ2) is 10.2. The summed E-state index contributed by atoms with van der Waals surface area (Å²) in [6, 6.07) is 11.1. The van der Waals surface area contributed by atoms with Crippen molar-refractivity contribution in [2.45, 2.75) is 62.1 Å². The average Bonchev–Trinajstić information content (AvgIpc) is 3.26. The molecule has 176 valence electrons. The second-order valence-corrected chi connectivity index (χ2v) is 9.90. The number of nitrogens with zero attached hydrogens (tertiary/aromatic N) is 4. The second-order valence-electron chi connectivity index (χ2n) is 8.55. The van der Waals surface area contributed by atoms with Gasteiger partial charge in [-0.25, -0.2) is 9.48 Å². The highest BCUT2D eigenvalue weighted by atomic mass is 35.5. The number of nitrogens with one attached hydrogen (secondary N) is 1. The van der Waals surface area contributed by atoms with Gasteiger partial charge in [-0.15, -0.1) is 5.10 Å². The first-order valence-corrected chi connectivity index (χ1v) is 12.9. The Morgan fingerprint density at radius 1 is 1.18 bits per heavy atom. The van der Waals surface area contributed by atoms with Gasteiger partial charge in [-0.1, -0.05) is 48.0 Å². The number of aromatic nitrogens is 4. The molecule has 2 aliphatic rings. The molecule has 34 heavy (non-hydrogen) atoms. The summed E-state index contributed by atoms with van der Waals surface area (Å²) in [5.41, 5.74) is 3.20. The molecule has 0 saturated heterocycles. The molecule has 7 nitrogen and oxygen atoms in total. The van der Waals surface area contributed by atoms with Gasteiger partial charge < -0.3 is 10.1 Å². The van der Waals surface area contributed by atoms with Crippen molar-refractivity contribution in [3.63, 3.8) is 0 Å². The van der Waals surface area contributed by atoms with Gasteiger partial charge in [-0.2, -0.15) is 4.98 Å². The van der Waals surface area contributed by atoms with E-state index in [1.165, 1.54) is 18.2 Å². The van der Waals surface area contributed by atoms with E-state index in [9.17, 15) is 4.79 Å². The molecule has 1 unspecified atom stereocenters. The van der Waals surface area contributed by atoms with Gasteiger partial charge in [0.2, 0.25) is 11.1 Å². The zero-order valence-corrected chi connectivity index (χ0v) is 20.5. The lowest BCUT2D eigenvalue weighted by Crippen LogP contribution is -2.32. The van der Waals surface area contributed by atoms with Gasteiger partial charge >= 0.3 is 5.97 Å². The van der Waals surface area contributed by atoms with Crippen molar-refractivity contribution in [2.24, 2.45) is 0 Å². The molecular weight excluding hydrogens is 470 g/mol. The molecule has 1 aromatic carbocycles. The van der Waals surface area contributed by atoms with Crippen molar-refractivity contribution in [2.75, 3.05) is 5.32 Å². The van der Waals surface area contributed by atoms with Gasteiger partial charge in [0.05, 0.1) is 5.57 Å². The van der Waals surface area contributed by atoms with Crippen LogP contribution in [0.4, 0.5) is 5.95 Å². The summed E-state index contributed by atoms with van der Waals surface area (Å²) in [5.74, 6) is 0.937. The van der Waals surface area contributed by atoms with Gasteiger partial charge in [-0.05, 0) is 61.9 Å². The first-order chi connectivity index (χ1) is 16.6. The minimum Gasteiger partial charge on any atom is -0.459 e. The van der Waals surface area contributed by atoms with E-state index in [0.717, 1.165) is 47.5 Å². The number of carbonyl (C=O) groups is 1. The van der Waals surface area contributed by atoms with Crippen molar-refractivity contribution in [1.82, 2.24) is 19.7 Å². The predicted octanol–water partition coefficient (Wildman–Crippen LogP) is 5.78. The van der Waals surface area contributed by atoms with Gasteiger partial charge in [0.15, 0.2) is 0 Å². The predicted molar refractivity (Wildman–Crippen MR) is 133 cm³/mol. The summed E-state index contributed by atoms with van der Waals surface area (Å²) in [6.07, 6.45) is 8.65. The number of benzene rings is 1. The van der Waals surface area contributed by atoms with Crippen LogP contribution in [-0.2, 0) is 15.3 Å². The molecule has 3 aromatic rings. The highest BCUT2D eigenvalue weighted by Crippen LogP contribution is 2.37. The Hall–Kier alpha value is -2.84. The van der Waals surface area contributed by atoms with Crippen LogP contribution in [0.3, 0.4) is 0 Å². The SMILES string of the molecule is CC1=C(C(=O)OC2CCCCC2)C(c2ccncc2)n2nc(SCc3ccccc3Cl)nc2N1. The summed E-state index contributed by atoms with van der Waals surface area (Å²) in [5, 5.41) is 9.37. The monoisotopic (exact) mass is 495 g/mol. The topological polar surface area (TPSA) is 81.9 Å². The number of fused-ring (bicyclic) bond motifs is 1. The lowest BCUT2D eigenvalue weighted by molar-refractivity contribution is -0.146. The van der Waals surface area contributed by atoms with Crippen LogP contribution >= 0.6 is 23.4 Å². The molecule has 5 rings (SSSR count). The lowest BCUT2D eigenvalue weighted by Gasteiger charge is -2.30. The van der Waals surface area contributed by atoms with Gasteiger partial charge in [0.25, 0.3) is 0 Å². The minimum absolute atomic E-state index is 0.0291. The van der Waals surface area contributed by atoms with Gasteiger partial charge in [0, 0.05) is 28.9 Å². The van der Waals surface area contributed by atoms with Crippen LogP contribution in [0.15, 0.2) is 65.2 Å². The van der Waals surface area contributed by atoms with Crippen molar-refractivity contribution in [3.8, 4) is 0 Å². The van der Waals surface area contributed by atoms with Crippen LogP contribution in [0.5, 0.6) is 0 Å². The van der Waals surface area contributed by atoms with E-state index < -0.39 is 6.04 Å². The number of halogens is 1. The molecule has 1 aliphatic heterocycles. The summed E-state index contributed by atoms with van der Waals surface area (Å²) in [4.78, 5) is 22.2. The van der Waals surface area contributed by atoms with Crippen LogP contribution < -0.4 is 5.32 Å². The van der Waals surface area contributed by atoms with E-state index in [2.05, 4.69) is 15.3 Å². The third-order valence-corrected chi connectivity index (χ3v) is 7.47. The maximum atomic E-state index is 13.4. The van der Waals surface area contributed by atoms with Crippen molar-refractivity contribution < 1.29 is 9.53 Å². The molecule has 1 saturated carbocycles. The molecular formula is C25H26ClN5O2S. The number of ether oxygens (including phenoxy) is 1. The smallest absolute Gasteiger partial charge is 0.338 e. The van der Waals surface area contributed by atoms with E-state index in [4.69, 9.17) is 21.4 Å². The summed E-state index contributed by atoms with van der Waals surface area (Å²) in [7, 11) is 0. The number of anilines is 1. The molecule has 9 heteroatoms. The van der Waals surface area contributed by atoms with Crippen LogP contribution in [0.1, 0.15) is 56.2 Å². The van der Waals surface area contributed by atoms with Crippen LogP contribution in [0.2, 0.25) is 5.02 Å². The van der Waals surface area contributed by atoms with Gasteiger partial charge in [0.1, 0.15) is 12.1 Å². The zero-order chi connectivity index (χ0) is 23.5. The molecule has 0 amide bonds. The molecule has 1 N–H and O–H groups in total. The fourth-order valence-corrected chi connectivity index (χ4v) is 5.58. The van der Waals surface area contributed by atoms with E-state index in [0.29, 0.717) is 22.4 Å². The van der Waals surface area contributed by atoms with Crippen LogP contribution in [0.25, 0.3) is 0 Å². The third-order valence-electron chi connectivity index (χ3n) is 6.22. The molecule has 0 bridgehead atoms. The molecule has 1 aliphatic carbocycles. The highest BCUT2D eigenvalue weighted by Gasteiger charge is 2.36. The number of thioether (sulfide) groups is 1. The fraction of sp³-hybridized carbons (Fsp3) is 0.360. The number of hydrogen-bond donors (Lipinski definition) is 1. The van der Waals surface area contributed by atoms with E-state index in [-0.39, 0.29) is 12.1 Å². The lowest BCUT2D eigenvalue weighted by atomic mass is 9.95. The number of hydrogen-bond acceptors (Lipinski definition) is 7. The molecule has 1 fully saturated rings. The summed E-state index contributed by atoms with van der Waals surface area (Å²) < 4.78 is 7.73. The molecule has 1 atom stereocenters. The quantitative estimate of drug-likeness (QED) is 0.342. The summed E-state index contributed by atoms with van der Waals surface area (Å²) in [6.45, 7) is 1.89. The standard InChI is InChI=1S/C25H26ClN5O2S/c1-16-21(23(32)33-19-8-3-2-4-9-19)22(17-11-13-27-14-12-17)31-24(28-16)29-25(30-31)34-15-18-7-5-6-10-20(18)26/h5-7,10-14,19,22H,2-4,8-9,15H2,1H3,(H,28,29,30). The number of esters is 1. The number of carbonyl (C=O) groups excluding carboxylic acids is 1. The Morgan fingerprint density at radius 3 is 2.71 bits per heavy atom. The highest BCUT2D eigenvalue weighted by molar-refractivity contribution is 7.98. The largest absolute Gasteiger partial charge is 0.459 e. The van der Waals surface area contributed by atoms with Crippen molar-refractivity contribution in [1.29, 1.82) is 0 Å². The first-order valence-electron chi connectivity index (χ1n) is 11.5. The summed E-state index contributed by atoms with van der Waals surface area (Å²) >= 11 is 7.82.